The Morgan fingerprint density at radius 1 is 1.15 bits per heavy atom. The van der Waals surface area contributed by atoms with E-state index in [0.29, 0.717) is 27.1 Å². The van der Waals surface area contributed by atoms with Gasteiger partial charge in [-0.2, -0.15) is 0 Å². The Morgan fingerprint density at radius 3 is 2.55 bits per heavy atom. The van der Waals surface area contributed by atoms with Crippen LogP contribution in [-0.4, -0.2) is 40.3 Å². The van der Waals surface area contributed by atoms with Crippen molar-refractivity contribution in [2.45, 2.75) is 20.8 Å². The van der Waals surface area contributed by atoms with Crippen molar-refractivity contribution in [3.8, 4) is 11.5 Å². The van der Waals surface area contributed by atoms with Crippen molar-refractivity contribution in [1.82, 2.24) is 0 Å². The number of halogens is 1. The Balaban J connectivity index is 2.06. The van der Waals surface area contributed by atoms with E-state index in [9.17, 15) is 19.8 Å². The van der Waals surface area contributed by atoms with Gasteiger partial charge in [0.15, 0.2) is 11.5 Å². The van der Waals surface area contributed by atoms with E-state index in [2.05, 4.69) is 20.9 Å². The first-order valence-corrected chi connectivity index (χ1v) is 11.7. The fourth-order valence-corrected chi connectivity index (χ4v) is 4.52. The molecule has 0 saturated heterocycles. The predicted molar refractivity (Wildman–Crippen MR) is 132 cm³/mol. The summed E-state index contributed by atoms with van der Waals surface area (Å²) in [5.41, 5.74) is 1.56. The molecule has 1 amide bonds. The van der Waals surface area contributed by atoms with Gasteiger partial charge in [-0.05, 0) is 72.1 Å². The lowest BCUT2D eigenvalue weighted by molar-refractivity contribution is -0.138. The lowest BCUT2D eigenvalue weighted by Gasteiger charge is -2.09. The molecule has 0 aliphatic carbocycles. The number of amides is 1. The first-order chi connectivity index (χ1) is 15.8. The van der Waals surface area contributed by atoms with Crippen LogP contribution in [0.3, 0.4) is 0 Å². The number of thioether (sulfide) groups is 1. The molecule has 0 bridgehead atoms. The molecule has 2 aromatic rings. The van der Waals surface area contributed by atoms with Crippen LogP contribution in [0.2, 0.25) is 0 Å². The van der Waals surface area contributed by atoms with E-state index < -0.39 is 11.9 Å². The van der Waals surface area contributed by atoms with Gasteiger partial charge in [0, 0.05) is 5.56 Å². The molecule has 172 valence electrons. The van der Waals surface area contributed by atoms with Crippen LogP contribution >= 0.6 is 27.7 Å². The lowest BCUT2D eigenvalue weighted by atomic mass is 10.1. The number of aliphatic imine (C=N–C) groups is 1. The topological polar surface area (TPSA) is 105 Å². The molecule has 1 heterocycles. The maximum absolute atomic E-state index is 12.8. The summed E-state index contributed by atoms with van der Waals surface area (Å²) in [6.07, 6.45) is 1.60. The summed E-state index contributed by atoms with van der Waals surface area (Å²) in [5.74, 6) is -1.42. The average Bonchev–Trinajstić information content (AvgIpc) is 3.06. The SMILES string of the molecule is CCOC(=O)C1=C(O)/C(=C/c2cc(Br)c(O)c(OCC)c2)SC1=NC(=O)c1ccccc1C. The van der Waals surface area contributed by atoms with Gasteiger partial charge in [-0.15, -0.1) is 0 Å². The number of carbonyl (C=O) groups excluding carboxylic acids is 2. The molecule has 33 heavy (non-hydrogen) atoms. The van der Waals surface area contributed by atoms with E-state index in [1.54, 1.807) is 57.2 Å². The number of esters is 1. The summed E-state index contributed by atoms with van der Waals surface area (Å²) in [7, 11) is 0. The molecule has 0 atom stereocenters. The summed E-state index contributed by atoms with van der Waals surface area (Å²) in [6, 6.07) is 10.2. The highest BCUT2D eigenvalue weighted by molar-refractivity contribution is 9.10. The number of nitrogens with zero attached hydrogens (tertiary/aromatic N) is 1. The number of phenols is 1. The molecule has 9 heteroatoms. The Hall–Kier alpha value is -3.04. The summed E-state index contributed by atoms with van der Waals surface area (Å²) >= 11 is 4.26. The molecule has 1 aliphatic heterocycles. The van der Waals surface area contributed by atoms with Crippen molar-refractivity contribution in [3.63, 3.8) is 0 Å². The van der Waals surface area contributed by atoms with E-state index in [1.165, 1.54) is 0 Å². The van der Waals surface area contributed by atoms with Gasteiger partial charge in [-0.3, -0.25) is 4.79 Å². The van der Waals surface area contributed by atoms with Gasteiger partial charge in [0.25, 0.3) is 5.91 Å². The fraction of sp³-hybridized carbons (Fsp3) is 0.208. The Morgan fingerprint density at radius 2 is 1.88 bits per heavy atom. The summed E-state index contributed by atoms with van der Waals surface area (Å²) in [5, 5.41) is 21.0. The quantitative estimate of drug-likeness (QED) is 0.469. The van der Waals surface area contributed by atoms with Gasteiger partial charge in [-0.25, -0.2) is 9.79 Å². The first kappa shape index (κ1) is 24.6. The number of benzene rings is 2. The largest absolute Gasteiger partial charge is 0.506 e. The second kappa shape index (κ2) is 10.7. The third-order valence-corrected chi connectivity index (χ3v) is 6.22. The van der Waals surface area contributed by atoms with Crippen molar-refractivity contribution in [3.05, 3.63) is 73.8 Å². The predicted octanol–water partition coefficient (Wildman–Crippen LogP) is 5.56. The smallest absolute Gasteiger partial charge is 0.344 e. The highest BCUT2D eigenvalue weighted by Crippen LogP contribution is 2.41. The molecular formula is C24H22BrNO6S. The molecule has 3 rings (SSSR count). The van der Waals surface area contributed by atoms with Gasteiger partial charge in [-0.1, -0.05) is 30.0 Å². The number of carbonyl (C=O) groups is 2. The molecule has 0 radical (unpaired) electrons. The van der Waals surface area contributed by atoms with Gasteiger partial charge in [0.1, 0.15) is 16.4 Å². The van der Waals surface area contributed by atoms with Crippen LogP contribution in [-0.2, 0) is 9.53 Å². The van der Waals surface area contributed by atoms with Crippen LogP contribution < -0.4 is 4.74 Å². The number of aliphatic hydroxyl groups is 1. The van der Waals surface area contributed by atoms with Crippen LogP contribution in [0.4, 0.5) is 0 Å². The summed E-state index contributed by atoms with van der Waals surface area (Å²) in [4.78, 5) is 29.8. The molecule has 0 unspecified atom stereocenters. The number of aliphatic hydroxyl groups excluding tert-OH is 1. The molecule has 2 N–H and O–H groups in total. The van der Waals surface area contributed by atoms with Crippen molar-refractivity contribution in [1.29, 1.82) is 0 Å². The molecule has 0 saturated carbocycles. The van der Waals surface area contributed by atoms with Crippen LogP contribution in [0, 0.1) is 6.92 Å². The molecule has 7 nitrogen and oxygen atoms in total. The Kier molecular flexibility index (Phi) is 7.99. The number of aryl methyl sites for hydroxylation is 1. The van der Waals surface area contributed by atoms with Crippen LogP contribution in [0.15, 0.2) is 62.1 Å². The monoisotopic (exact) mass is 531 g/mol. The van der Waals surface area contributed by atoms with Crippen molar-refractivity contribution in [2.24, 2.45) is 4.99 Å². The minimum absolute atomic E-state index is 0.0452. The third kappa shape index (κ3) is 5.48. The minimum atomic E-state index is -0.774. The fourth-order valence-electron chi connectivity index (χ4n) is 3.05. The van der Waals surface area contributed by atoms with Gasteiger partial charge >= 0.3 is 5.97 Å². The highest BCUT2D eigenvalue weighted by Gasteiger charge is 2.34. The van der Waals surface area contributed by atoms with Crippen molar-refractivity contribution in [2.75, 3.05) is 13.2 Å². The van der Waals surface area contributed by atoms with E-state index in [1.807, 2.05) is 6.07 Å². The van der Waals surface area contributed by atoms with Crippen LogP contribution in [0.5, 0.6) is 11.5 Å². The van der Waals surface area contributed by atoms with E-state index in [4.69, 9.17) is 9.47 Å². The summed E-state index contributed by atoms with van der Waals surface area (Å²) < 4.78 is 10.9. The minimum Gasteiger partial charge on any atom is -0.506 e. The first-order valence-electron chi connectivity index (χ1n) is 10.1. The van der Waals surface area contributed by atoms with Crippen molar-refractivity contribution < 1.29 is 29.3 Å². The maximum Gasteiger partial charge on any atom is 0.344 e. The van der Waals surface area contributed by atoms with Crippen LogP contribution in [0.1, 0.15) is 35.3 Å². The van der Waals surface area contributed by atoms with Gasteiger partial charge in [0.2, 0.25) is 0 Å². The Labute approximate surface area is 204 Å². The molecule has 0 spiro atoms. The molecule has 2 aromatic carbocycles. The van der Waals surface area contributed by atoms with Gasteiger partial charge < -0.3 is 19.7 Å². The van der Waals surface area contributed by atoms with E-state index in [0.717, 1.165) is 17.3 Å². The number of aromatic hydroxyl groups is 1. The number of ether oxygens (including phenoxy) is 2. The van der Waals surface area contributed by atoms with Crippen LogP contribution in [0.25, 0.3) is 6.08 Å². The van der Waals surface area contributed by atoms with E-state index >= 15 is 0 Å². The molecule has 0 aromatic heterocycles. The maximum atomic E-state index is 12.8. The second-order valence-corrected chi connectivity index (χ2v) is 8.76. The zero-order valence-corrected chi connectivity index (χ0v) is 20.6. The summed E-state index contributed by atoms with van der Waals surface area (Å²) in [6.45, 7) is 5.68. The lowest BCUT2D eigenvalue weighted by Crippen LogP contribution is -2.14. The second-order valence-electron chi connectivity index (χ2n) is 6.87. The Bertz CT molecular complexity index is 1200. The average molecular weight is 532 g/mol. The number of phenolic OH excluding ortho intramolecular Hbond substituents is 1. The van der Waals surface area contributed by atoms with Gasteiger partial charge in [0.05, 0.1) is 22.6 Å². The molecule has 0 fully saturated rings. The zero-order valence-electron chi connectivity index (χ0n) is 18.2. The van der Waals surface area contributed by atoms with E-state index in [-0.39, 0.29) is 34.5 Å². The zero-order chi connectivity index (χ0) is 24.1. The number of rotatable bonds is 6. The van der Waals surface area contributed by atoms with Crippen molar-refractivity contribution >= 4 is 50.7 Å². The normalized spacial score (nSPS) is 15.9. The standard InChI is InChI=1S/C24H22BrNO6S/c1-4-31-17-11-14(10-16(25)20(17)27)12-18-21(28)19(24(30)32-5-2)23(33-18)26-22(29)15-9-7-6-8-13(15)3/h6-12,27-28H,4-5H2,1-3H3/b18-12-,26-23?. The number of hydrogen-bond donors (Lipinski definition) is 2. The number of hydrogen-bond acceptors (Lipinski definition) is 7. The molecular weight excluding hydrogens is 510 g/mol. The molecule has 1 aliphatic rings. The highest BCUT2D eigenvalue weighted by atomic mass is 79.9. The third-order valence-electron chi connectivity index (χ3n) is 4.60.